The minimum Gasteiger partial charge on any atom is -0.296 e. The largest absolute Gasteiger partial charge is 0.347 e. The summed E-state index contributed by atoms with van der Waals surface area (Å²) < 4.78 is 0. The fourth-order valence-corrected chi connectivity index (χ4v) is 0.602. The normalized spacial score (nSPS) is 8.75. The first-order chi connectivity index (χ1) is 5.83. The number of pyridine rings is 1. The van der Waals surface area contributed by atoms with Crippen LogP contribution in [0, 0.1) is 0 Å². The number of urea groups is 1. The summed E-state index contributed by atoms with van der Waals surface area (Å²) in [5, 5.41) is 0. The van der Waals surface area contributed by atoms with E-state index in [1.54, 1.807) is 24.5 Å². The number of carbonyl (C=O) groups is 1. The number of carbonyl (C=O) groups excluding carboxylic acids is 1. The van der Waals surface area contributed by atoms with Crippen LogP contribution in [0.2, 0.25) is 0 Å². The highest BCUT2D eigenvalue weighted by molar-refractivity contribution is 5.74. The highest BCUT2D eigenvalue weighted by Gasteiger charge is 1.93. The van der Waals surface area contributed by atoms with E-state index in [1.807, 2.05) is 5.43 Å². The first-order valence-electron chi connectivity index (χ1n) is 3.25. The quantitative estimate of drug-likeness (QED) is 0.273. The van der Waals surface area contributed by atoms with Crippen LogP contribution in [-0.2, 0) is 0 Å². The van der Waals surface area contributed by atoms with Crippen LogP contribution in [0.1, 0.15) is 0 Å². The molecule has 0 atom stereocenters. The standard InChI is InChI=1S/C6H9N5O/c7-9-6(12)11-10-5-2-1-3-8-4-5/h1-4,10H,7H2,(H2,9,11,12). The van der Waals surface area contributed by atoms with Gasteiger partial charge in [-0.3, -0.25) is 21.3 Å². The maximum atomic E-state index is 10.6. The minimum atomic E-state index is -0.515. The fourth-order valence-electron chi connectivity index (χ4n) is 0.602. The Balaban J connectivity index is 2.38. The molecule has 0 unspecified atom stereocenters. The Hall–Kier alpha value is -1.82. The maximum absolute atomic E-state index is 10.6. The number of aromatic nitrogens is 1. The molecule has 12 heavy (non-hydrogen) atoms. The predicted molar refractivity (Wildman–Crippen MR) is 43.7 cm³/mol. The van der Waals surface area contributed by atoms with Crippen LogP contribution in [-0.4, -0.2) is 11.0 Å². The molecular formula is C6H9N5O. The van der Waals surface area contributed by atoms with Crippen molar-refractivity contribution in [3.8, 4) is 0 Å². The zero-order chi connectivity index (χ0) is 8.81. The van der Waals surface area contributed by atoms with Gasteiger partial charge in [0.1, 0.15) is 0 Å². The van der Waals surface area contributed by atoms with Crippen molar-refractivity contribution in [1.82, 2.24) is 15.8 Å². The van der Waals surface area contributed by atoms with Crippen molar-refractivity contribution < 1.29 is 4.79 Å². The van der Waals surface area contributed by atoms with Gasteiger partial charge in [-0.25, -0.2) is 10.6 Å². The molecule has 5 N–H and O–H groups in total. The van der Waals surface area contributed by atoms with Gasteiger partial charge in [0.2, 0.25) is 0 Å². The Bertz CT molecular complexity index is 249. The van der Waals surface area contributed by atoms with Gasteiger partial charge in [-0.05, 0) is 12.1 Å². The summed E-state index contributed by atoms with van der Waals surface area (Å²) in [5.74, 6) is 4.82. The number of amides is 2. The average Bonchev–Trinajstić information content (AvgIpc) is 2.16. The third-order valence-electron chi connectivity index (χ3n) is 1.11. The van der Waals surface area contributed by atoms with Crippen molar-refractivity contribution in [2.75, 3.05) is 5.43 Å². The summed E-state index contributed by atoms with van der Waals surface area (Å²) in [4.78, 5) is 14.4. The zero-order valence-electron chi connectivity index (χ0n) is 6.24. The van der Waals surface area contributed by atoms with Gasteiger partial charge in [-0.2, -0.15) is 0 Å². The third kappa shape index (κ3) is 2.43. The van der Waals surface area contributed by atoms with Crippen molar-refractivity contribution in [3.63, 3.8) is 0 Å². The van der Waals surface area contributed by atoms with E-state index in [-0.39, 0.29) is 0 Å². The second kappa shape index (κ2) is 4.14. The Morgan fingerprint density at radius 3 is 3.00 bits per heavy atom. The lowest BCUT2D eigenvalue weighted by molar-refractivity contribution is 0.243. The van der Waals surface area contributed by atoms with Crippen molar-refractivity contribution in [3.05, 3.63) is 24.5 Å². The number of hydrogen-bond acceptors (Lipinski definition) is 4. The van der Waals surface area contributed by atoms with Crippen LogP contribution >= 0.6 is 0 Å². The zero-order valence-corrected chi connectivity index (χ0v) is 6.24. The summed E-state index contributed by atoms with van der Waals surface area (Å²) in [5.41, 5.74) is 7.46. The molecule has 6 heteroatoms. The second-order valence-corrected chi connectivity index (χ2v) is 1.97. The molecule has 0 saturated carbocycles. The lowest BCUT2D eigenvalue weighted by Crippen LogP contribution is -2.42. The minimum absolute atomic E-state index is 0.515. The van der Waals surface area contributed by atoms with Gasteiger partial charge < -0.3 is 0 Å². The van der Waals surface area contributed by atoms with Gasteiger partial charge in [0.25, 0.3) is 0 Å². The fraction of sp³-hybridized carbons (Fsp3) is 0. The molecule has 0 aliphatic rings. The number of nitrogens with one attached hydrogen (secondary N) is 3. The molecule has 1 rings (SSSR count). The summed E-state index contributed by atoms with van der Waals surface area (Å²) in [6.07, 6.45) is 3.20. The Labute approximate surface area is 69.1 Å². The Morgan fingerprint density at radius 2 is 2.42 bits per heavy atom. The molecule has 0 saturated heterocycles. The van der Waals surface area contributed by atoms with Crippen LogP contribution in [0.4, 0.5) is 10.5 Å². The van der Waals surface area contributed by atoms with Gasteiger partial charge in [0.05, 0.1) is 11.9 Å². The van der Waals surface area contributed by atoms with Crippen molar-refractivity contribution in [1.29, 1.82) is 0 Å². The third-order valence-corrected chi connectivity index (χ3v) is 1.11. The average molecular weight is 167 g/mol. The highest BCUT2D eigenvalue weighted by Crippen LogP contribution is 1.98. The van der Waals surface area contributed by atoms with Crippen molar-refractivity contribution >= 4 is 11.7 Å². The molecule has 0 aromatic carbocycles. The smallest absolute Gasteiger partial charge is 0.296 e. The molecule has 6 nitrogen and oxygen atoms in total. The molecule has 2 amide bonds. The number of hydrazine groups is 2. The predicted octanol–water partition coefficient (Wildman–Crippen LogP) is -0.419. The van der Waals surface area contributed by atoms with E-state index in [2.05, 4.69) is 15.8 Å². The van der Waals surface area contributed by atoms with Gasteiger partial charge in [0, 0.05) is 6.20 Å². The molecule has 1 aromatic rings. The van der Waals surface area contributed by atoms with E-state index in [4.69, 9.17) is 5.84 Å². The van der Waals surface area contributed by atoms with Crippen molar-refractivity contribution in [2.24, 2.45) is 5.84 Å². The van der Waals surface area contributed by atoms with E-state index in [0.29, 0.717) is 5.69 Å². The summed E-state index contributed by atoms with van der Waals surface area (Å²) in [6.45, 7) is 0. The first kappa shape index (κ1) is 8.28. The van der Waals surface area contributed by atoms with Crippen LogP contribution in [0.25, 0.3) is 0 Å². The highest BCUT2D eigenvalue weighted by atomic mass is 16.2. The van der Waals surface area contributed by atoms with Crippen LogP contribution in [0.3, 0.4) is 0 Å². The van der Waals surface area contributed by atoms with Gasteiger partial charge in [0.15, 0.2) is 0 Å². The lowest BCUT2D eigenvalue weighted by atomic mass is 10.4. The van der Waals surface area contributed by atoms with Crippen molar-refractivity contribution in [2.45, 2.75) is 0 Å². The van der Waals surface area contributed by atoms with E-state index >= 15 is 0 Å². The summed E-state index contributed by atoms with van der Waals surface area (Å²) in [7, 11) is 0. The molecule has 0 spiro atoms. The van der Waals surface area contributed by atoms with E-state index in [1.165, 1.54) is 0 Å². The van der Waals surface area contributed by atoms with E-state index in [9.17, 15) is 4.79 Å². The van der Waals surface area contributed by atoms with Crippen LogP contribution in [0.15, 0.2) is 24.5 Å². The topological polar surface area (TPSA) is 92.1 Å². The lowest BCUT2D eigenvalue weighted by Gasteiger charge is -2.05. The van der Waals surface area contributed by atoms with E-state index in [0.717, 1.165) is 0 Å². The number of nitrogens with two attached hydrogens (primary N) is 1. The SMILES string of the molecule is NNC(=O)NNc1cccnc1. The Morgan fingerprint density at radius 1 is 1.58 bits per heavy atom. The number of rotatable bonds is 2. The van der Waals surface area contributed by atoms with Crippen LogP contribution < -0.4 is 22.1 Å². The summed E-state index contributed by atoms with van der Waals surface area (Å²) >= 11 is 0. The summed E-state index contributed by atoms with van der Waals surface area (Å²) in [6, 6.07) is 2.98. The molecule has 0 bridgehead atoms. The molecule has 1 aromatic heterocycles. The second-order valence-electron chi connectivity index (χ2n) is 1.97. The molecule has 0 fully saturated rings. The first-order valence-corrected chi connectivity index (χ1v) is 3.25. The molecular weight excluding hydrogens is 158 g/mol. The monoisotopic (exact) mass is 167 g/mol. The molecule has 0 radical (unpaired) electrons. The number of anilines is 1. The maximum Gasteiger partial charge on any atom is 0.347 e. The van der Waals surface area contributed by atoms with Gasteiger partial charge >= 0.3 is 6.03 Å². The molecule has 1 heterocycles. The Kier molecular flexibility index (Phi) is 2.86. The number of hydrogen-bond donors (Lipinski definition) is 4. The molecule has 0 aliphatic carbocycles. The molecule has 0 aliphatic heterocycles. The van der Waals surface area contributed by atoms with Crippen LogP contribution in [0.5, 0.6) is 0 Å². The van der Waals surface area contributed by atoms with Gasteiger partial charge in [-0.15, -0.1) is 0 Å². The molecule has 64 valence electrons. The van der Waals surface area contributed by atoms with E-state index < -0.39 is 6.03 Å². The number of nitrogens with zero attached hydrogens (tertiary/aromatic N) is 1. The van der Waals surface area contributed by atoms with Gasteiger partial charge in [-0.1, -0.05) is 0 Å².